The molecule has 0 spiro atoms. The first kappa shape index (κ1) is 14.3. The number of nitrogens with two attached hydrogens (primary N) is 1. The minimum atomic E-state index is -3.35. The third-order valence-corrected chi connectivity index (χ3v) is 4.69. The van der Waals surface area contributed by atoms with E-state index in [1.165, 1.54) is 0 Å². The van der Waals surface area contributed by atoms with Gasteiger partial charge in [-0.1, -0.05) is 6.92 Å². The van der Waals surface area contributed by atoms with Crippen LogP contribution < -0.4 is 15.8 Å². The predicted molar refractivity (Wildman–Crippen MR) is 76.5 cm³/mol. The fraction of sp³-hybridized carbons (Fsp3) is 0.538. The van der Waals surface area contributed by atoms with E-state index in [4.69, 9.17) is 5.73 Å². The summed E-state index contributed by atoms with van der Waals surface area (Å²) in [5.74, 6) is 0. The highest BCUT2D eigenvalue weighted by atomic mass is 32.2. The SMILES string of the molecule is CCC(N)CNc1ccc(S(=O)(=O)NC2CC2)cc1. The van der Waals surface area contributed by atoms with Crippen LogP contribution in [-0.4, -0.2) is 27.0 Å². The van der Waals surface area contributed by atoms with Gasteiger partial charge in [0.25, 0.3) is 0 Å². The molecule has 0 radical (unpaired) electrons. The van der Waals surface area contributed by atoms with Crippen LogP contribution in [0.3, 0.4) is 0 Å². The molecule has 0 bridgehead atoms. The van der Waals surface area contributed by atoms with Crippen LogP contribution >= 0.6 is 0 Å². The van der Waals surface area contributed by atoms with Gasteiger partial charge in [0.15, 0.2) is 0 Å². The lowest BCUT2D eigenvalue weighted by atomic mass is 10.2. The maximum atomic E-state index is 12.0. The molecule has 19 heavy (non-hydrogen) atoms. The third-order valence-electron chi connectivity index (χ3n) is 3.16. The summed E-state index contributed by atoms with van der Waals surface area (Å²) in [6.45, 7) is 2.72. The first-order chi connectivity index (χ1) is 9.01. The maximum absolute atomic E-state index is 12.0. The second-order valence-corrected chi connectivity index (χ2v) is 6.68. The topological polar surface area (TPSA) is 84.2 Å². The molecule has 1 atom stereocenters. The summed E-state index contributed by atoms with van der Waals surface area (Å²) in [6, 6.07) is 7.01. The molecule has 0 aromatic heterocycles. The molecule has 6 heteroatoms. The molecule has 1 aromatic rings. The predicted octanol–water partition coefficient (Wildman–Crippen LogP) is 1.28. The first-order valence-electron chi connectivity index (χ1n) is 6.63. The van der Waals surface area contributed by atoms with Crippen LogP contribution in [0.25, 0.3) is 0 Å². The van der Waals surface area contributed by atoms with E-state index in [2.05, 4.69) is 10.0 Å². The highest BCUT2D eigenvalue weighted by Crippen LogP contribution is 2.22. The highest BCUT2D eigenvalue weighted by molar-refractivity contribution is 7.89. The number of hydrogen-bond donors (Lipinski definition) is 3. The van der Waals surface area contributed by atoms with Gasteiger partial charge in [0.1, 0.15) is 0 Å². The second-order valence-electron chi connectivity index (χ2n) is 4.97. The van der Waals surface area contributed by atoms with Gasteiger partial charge in [0.2, 0.25) is 10.0 Å². The maximum Gasteiger partial charge on any atom is 0.240 e. The summed E-state index contributed by atoms with van der Waals surface area (Å²) in [5.41, 5.74) is 6.70. The molecule has 1 aromatic carbocycles. The lowest BCUT2D eigenvalue weighted by Crippen LogP contribution is -2.28. The van der Waals surface area contributed by atoms with Crippen LogP contribution in [0.2, 0.25) is 0 Å². The van der Waals surface area contributed by atoms with E-state index in [1.54, 1.807) is 24.3 Å². The normalized spacial score (nSPS) is 17.2. The number of hydrogen-bond acceptors (Lipinski definition) is 4. The fourth-order valence-electron chi connectivity index (χ4n) is 1.63. The molecule has 0 heterocycles. The molecule has 5 nitrogen and oxygen atoms in total. The summed E-state index contributed by atoms with van der Waals surface area (Å²) in [4.78, 5) is 0.310. The Labute approximate surface area is 114 Å². The van der Waals surface area contributed by atoms with Gasteiger partial charge in [0.05, 0.1) is 4.90 Å². The summed E-state index contributed by atoms with van der Waals surface area (Å²) >= 11 is 0. The van der Waals surface area contributed by atoms with Crippen molar-refractivity contribution < 1.29 is 8.42 Å². The summed E-state index contributed by atoms with van der Waals surface area (Å²) in [7, 11) is -3.35. The molecule has 1 aliphatic rings. The molecule has 1 saturated carbocycles. The van der Waals surface area contributed by atoms with E-state index in [-0.39, 0.29) is 12.1 Å². The van der Waals surface area contributed by atoms with Gasteiger partial charge in [-0.2, -0.15) is 0 Å². The molecule has 1 aliphatic carbocycles. The summed E-state index contributed by atoms with van der Waals surface area (Å²) in [6.07, 6.45) is 2.78. The van der Waals surface area contributed by atoms with Gasteiger partial charge < -0.3 is 11.1 Å². The first-order valence-corrected chi connectivity index (χ1v) is 8.11. The minimum absolute atomic E-state index is 0.111. The van der Waals surface area contributed by atoms with E-state index in [0.717, 1.165) is 24.9 Å². The quantitative estimate of drug-likeness (QED) is 0.704. The van der Waals surface area contributed by atoms with Crippen molar-refractivity contribution in [1.29, 1.82) is 0 Å². The number of rotatable bonds is 7. The van der Waals surface area contributed by atoms with Crippen molar-refractivity contribution in [3.63, 3.8) is 0 Å². The van der Waals surface area contributed by atoms with E-state index in [9.17, 15) is 8.42 Å². The van der Waals surface area contributed by atoms with Gasteiger partial charge in [-0.3, -0.25) is 0 Å². The molecule has 4 N–H and O–H groups in total. The van der Waals surface area contributed by atoms with E-state index in [0.29, 0.717) is 11.4 Å². The molecule has 1 fully saturated rings. The Morgan fingerprint density at radius 3 is 2.47 bits per heavy atom. The van der Waals surface area contributed by atoms with Crippen LogP contribution in [0.15, 0.2) is 29.2 Å². The summed E-state index contributed by atoms with van der Waals surface area (Å²) < 4.78 is 26.6. The zero-order valence-electron chi connectivity index (χ0n) is 11.1. The van der Waals surface area contributed by atoms with Crippen molar-refractivity contribution in [2.45, 2.75) is 43.2 Å². The van der Waals surface area contributed by atoms with E-state index < -0.39 is 10.0 Å². The fourth-order valence-corrected chi connectivity index (χ4v) is 2.94. The summed E-state index contributed by atoms with van der Waals surface area (Å²) in [5, 5.41) is 3.19. The Hall–Kier alpha value is -1.11. The Morgan fingerprint density at radius 2 is 1.95 bits per heavy atom. The smallest absolute Gasteiger partial charge is 0.240 e. The van der Waals surface area contributed by atoms with Crippen molar-refractivity contribution in [1.82, 2.24) is 4.72 Å². The second kappa shape index (κ2) is 5.90. The van der Waals surface area contributed by atoms with Crippen molar-refractivity contribution in [2.24, 2.45) is 5.73 Å². The average molecular weight is 283 g/mol. The van der Waals surface area contributed by atoms with Gasteiger partial charge in [-0.05, 0) is 43.5 Å². The van der Waals surface area contributed by atoms with Crippen LogP contribution in [0.5, 0.6) is 0 Å². The van der Waals surface area contributed by atoms with Crippen molar-refractivity contribution in [3.05, 3.63) is 24.3 Å². The van der Waals surface area contributed by atoms with Crippen molar-refractivity contribution in [3.8, 4) is 0 Å². The standard InChI is InChI=1S/C13H21N3O2S/c1-2-10(14)9-15-11-5-7-13(8-6-11)19(17,18)16-12-3-4-12/h5-8,10,12,15-16H,2-4,9,14H2,1H3. The Bertz CT molecular complexity index is 509. The van der Waals surface area contributed by atoms with Gasteiger partial charge in [0, 0.05) is 24.3 Å². The largest absolute Gasteiger partial charge is 0.383 e. The molecule has 0 saturated heterocycles. The van der Waals surface area contributed by atoms with E-state index >= 15 is 0 Å². The molecule has 106 valence electrons. The lowest BCUT2D eigenvalue weighted by molar-refractivity contribution is 0.581. The van der Waals surface area contributed by atoms with Crippen molar-refractivity contribution in [2.75, 3.05) is 11.9 Å². The van der Waals surface area contributed by atoms with Gasteiger partial charge >= 0.3 is 0 Å². The lowest BCUT2D eigenvalue weighted by Gasteiger charge is -2.12. The number of benzene rings is 1. The third kappa shape index (κ3) is 4.19. The Morgan fingerprint density at radius 1 is 1.32 bits per heavy atom. The number of sulfonamides is 1. The molecule has 1 unspecified atom stereocenters. The molecular weight excluding hydrogens is 262 g/mol. The van der Waals surface area contributed by atoms with Crippen molar-refractivity contribution >= 4 is 15.7 Å². The van der Waals surface area contributed by atoms with Crippen LogP contribution in [0, 0.1) is 0 Å². The highest BCUT2D eigenvalue weighted by Gasteiger charge is 2.27. The number of anilines is 1. The van der Waals surface area contributed by atoms with E-state index in [1.807, 2.05) is 6.92 Å². The molecule has 2 rings (SSSR count). The monoisotopic (exact) mass is 283 g/mol. The number of nitrogens with one attached hydrogen (secondary N) is 2. The van der Waals surface area contributed by atoms with Crippen LogP contribution in [-0.2, 0) is 10.0 Å². The average Bonchev–Trinajstić information content (AvgIpc) is 3.19. The van der Waals surface area contributed by atoms with Gasteiger partial charge in [-0.15, -0.1) is 0 Å². The Kier molecular flexibility index (Phi) is 4.44. The van der Waals surface area contributed by atoms with Gasteiger partial charge in [-0.25, -0.2) is 13.1 Å². The Balaban J connectivity index is 1.97. The minimum Gasteiger partial charge on any atom is -0.383 e. The molecule has 0 amide bonds. The van der Waals surface area contributed by atoms with Crippen LogP contribution in [0.4, 0.5) is 5.69 Å². The zero-order chi connectivity index (χ0) is 13.9. The van der Waals surface area contributed by atoms with Crippen LogP contribution in [0.1, 0.15) is 26.2 Å². The molecular formula is C13H21N3O2S. The molecule has 0 aliphatic heterocycles. The zero-order valence-corrected chi connectivity index (χ0v) is 11.9.